The second kappa shape index (κ2) is 8.39. The molecule has 0 aliphatic rings. The zero-order valence-corrected chi connectivity index (χ0v) is 13.2. The van der Waals surface area contributed by atoms with E-state index in [9.17, 15) is 13.2 Å². The molecule has 0 amide bonds. The molecule has 0 aliphatic heterocycles. The number of benzene rings is 2. The van der Waals surface area contributed by atoms with Crippen molar-refractivity contribution in [2.24, 2.45) is 15.9 Å². The third-order valence-electron chi connectivity index (χ3n) is 2.73. The Labute approximate surface area is 141 Å². The highest BCUT2D eigenvalue weighted by Crippen LogP contribution is 2.25. The molecule has 2 rings (SSSR count). The van der Waals surface area contributed by atoms with Crippen molar-refractivity contribution in [1.29, 1.82) is 0 Å². The maximum absolute atomic E-state index is 12.3. The highest BCUT2D eigenvalue weighted by Gasteiger charge is 2.31. The molecular formula is C16H14F3N3OS. The van der Waals surface area contributed by atoms with Crippen LogP contribution in [0.1, 0.15) is 11.1 Å². The number of hydrogen-bond acceptors (Lipinski definition) is 4. The number of alkyl halides is 3. The molecule has 0 unspecified atom stereocenters. The third-order valence-corrected chi connectivity index (χ3v) is 3.58. The van der Waals surface area contributed by atoms with Crippen molar-refractivity contribution in [2.75, 3.05) is 0 Å². The van der Waals surface area contributed by atoms with E-state index in [1.54, 1.807) is 6.07 Å². The minimum absolute atomic E-state index is 0.152. The number of halogens is 3. The van der Waals surface area contributed by atoms with Gasteiger partial charge in [-0.05, 0) is 17.7 Å². The quantitative estimate of drug-likeness (QED) is 0.499. The lowest BCUT2D eigenvalue weighted by Gasteiger charge is -2.10. The summed E-state index contributed by atoms with van der Waals surface area (Å²) in [6.07, 6.45) is -3.60. The van der Waals surface area contributed by atoms with Gasteiger partial charge in [-0.3, -0.25) is 0 Å². The number of hydrogen-bond donors (Lipinski definition) is 1. The standard InChI is InChI=1S/C16H14F3N3OS/c17-16(18,19)23-14-9-5-4-8-13(14)10-21-22-15(20)24-11-12-6-2-1-3-7-12/h1-10H,11H2,(H2,20,22). The van der Waals surface area contributed by atoms with Crippen LogP contribution >= 0.6 is 11.8 Å². The lowest BCUT2D eigenvalue weighted by atomic mass is 10.2. The van der Waals surface area contributed by atoms with Crippen LogP contribution in [0.15, 0.2) is 64.8 Å². The molecule has 24 heavy (non-hydrogen) atoms. The summed E-state index contributed by atoms with van der Waals surface area (Å²) in [5, 5.41) is 7.69. The van der Waals surface area contributed by atoms with Crippen LogP contribution in [0.2, 0.25) is 0 Å². The highest BCUT2D eigenvalue weighted by atomic mass is 32.2. The predicted octanol–water partition coefficient (Wildman–Crippen LogP) is 4.17. The molecule has 0 saturated heterocycles. The molecule has 0 aliphatic carbocycles. The molecule has 8 heteroatoms. The first kappa shape index (κ1) is 17.9. The van der Waals surface area contributed by atoms with E-state index in [0.29, 0.717) is 5.75 Å². The average Bonchev–Trinajstić information content (AvgIpc) is 2.54. The van der Waals surface area contributed by atoms with Crippen LogP contribution in [-0.2, 0) is 5.75 Å². The van der Waals surface area contributed by atoms with Crippen LogP contribution in [0.4, 0.5) is 13.2 Å². The van der Waals surface area contributed by atoms with Gasteiger partial charge in [0, 0.05) is 11.3 Å². The van der Waals surface area contributed by atoms with Crippen LogP contribution in [0.5, 0.6) is 5.75 Å². The second-order valence-electron chi connectivity index (χ2n) is 4.54. The van der Waals surface area contributed by atoms with E-state index in [2.05, 4.69) is 14.9 Å². The molecule has 0 heterocycles. The van der Waals surface area contributed by atoms with Crippen molar-refractivity contribution in [1.82, 2.24) is 0 Å². The Morgan fingerprint density at radius 2 is 1.75 bits per heavy atom. The Kier molecular flexibility index (Phi) is 6.25. The van der Waals surface area contributed by atoms with Crippen LogP contribution < -0.4 is 10.5 Å². The Balaban J connectivity index is 1.97. The maximum Gasteiger partial charge on any atom is 0.573 e. The summed E-state index contributed by atoms with van der Waals surface area (Å²) in [5.41, 5.74) is 6.94. The summed E-state index contributed by atoms with van der Waals surface area (Å²) in [6, 6.07) is 15.3. The van der Waals surface area contributed by atoms with Crippen LogP contribution in [0, 0.1) is 0 Å². The maximum atomic E-state index is 12.3. The highest BCUT2D eigenvalue weighted by molar-refractivity contribution is 8.13. The normalized spacial score (nSPS) is 12.5. The minimum Gasteiger partial charge on any atom is -0.405 e. The number of nitrogens with zero attached hydrogens (tertiary/aromatic N) is 2. The summed E-state index contributed by atoms with van der Waals surface area (Å²) >= 11 is 1.28. The Hall–Kier alpha value is -2.48. The SMILES string of the molecule is NC(=NN=Cc1ccccc1OC(F)(F)F)SCc1ccccc1. The number of rotatable bonds is 5. The summed E-state index contributed by atoms with van der Waals surface area (Å²) in [5.74, 6) is 0.277. The molecule has 0 bridgehead atoms. The molecule has 2 aromatic carbocycles. The van der Waals surface area contributed by atoms with E-state index in [1.807, 2.05) is 30.3 Å². The third kappa shape index (κ3) is 6.33. The van der Waals surface area contributed by atoms with Crippen molar-refractivity contribution in [3.05, 3.63) is 65.7 Å². The Morgan fingerprint density at radius 3 is 2.46 bits per heavy atom. The van der Waals surface area contributed by atoms with Crippen LogP contribution in [0.3, 0.4) is 0 Å². The van der Waals surface area contributed by atoms with Crippen molar-refractivity contribution in [2.45, 2.75) is 12.1 Å². The second-order valence-corrected chi connectivity index (χ2v) is 5.54. The molecule has 0 atom stereocenters. The first-order chi connectivity index (χ1) is 11.4. The molecule has 0 spiro atoms. The van der Waals surface area contributed by atoms with E-state index < -0.39 is 6.36 Å². The average molecular weight is 353 g/mol. The Bertz CT molecular complexity index is 718. The van der Waals surface area contributed by atoms with Gasteiger partial charge in [-0.15, -0.1) is 18.3 Å². The number of thioether (sulfide) groups is 1. The Morgan fingerprint density at radius 1 is 1.08 bits per heavy atom. The number of para-hydroxylation sites is 1. The van der Waals surface area contributed by atoms with Gasteiger partial charge >= 0.3 is 6.36 Å². The molecule has 0 fully saturated rings. The van der Waals surface area contributed by atoms with Gasteiger partial charge in [0.1, 0.15) is 5.75 Å². The van der Waals surface area contributed by atoms with Crippen molar-refractivity contribution < 1.29 is 17.9 Å². The fraction of sp³-hybridized carbons (Fsp3) is 0.125. The summed E-state index contributed by atoms with van der Waals surface area (Å²) < 4.78 is 40.9. The van der Waals surface area contributed by atoms with Gasteiger partial charge in [-0.25, -0.2) is 0 Å². The van der Waals surface area contributed by atoms with Gasteiger partial charge < -0.3 is 10.5 Å². The van der Waals surface area contributed by atoms with E-state index in [1.165, 1.54) is 30.0 Å². The van der Waals surface area contributed by atoms with Gasteiger partial charge in [-0.1, -0.05) is 54.2 Å². The van der Waals surface area contributed by atoms with Gasteiger partial charge in [0.25, 0.3) is 0 Å². The molecule has 2 N–H and O–H groups in total. The van der Waals surface area contributed by atoms with Crippen molar-refractivity contribution >= 4 is 23.1 Å². The van der Waals surface area contributed by atoms with E-state index in [4.69, 9.17) is 5.73 Å². The molecule has 4 nitrogen and oxygen atoms in total. The number of nitrogens with two attached hydrogens (primary N) is 1. The molecule has 126 valence electrons. The molecule has 2 aromatic rings. The van der Waals surface area contributed by atoms with E-state index >= 15 is 0 Å². The van der Waals surface area contributed by atoms with Gasteiger partial charge in [0.05, 0.1) is 6.21 Å². The molecule has 0 radical (unpaired) electrons. The monoisotopic (exact) mass is 353 g/mol. The zero-order chi connectivity index (χ0) is 17.4. The first-order valence-electron chi connectivity index (χ1n) is 6.82. The smallest absolute Gasteiger partial charge is 0.405 e. The minimum atomic E-state index is -4.77. The van der Waals surface area contributed by atoms with Gasteiger partial charge in [-0.2, -0.15) is 5.10 Å². The molecule has 0 aromatic heterocycles. The van der Waals surface area contributed by atoms with E-state index in [-0.39, 0.29) is 16.5 Å². The topological polar surface area (TPSA) is 60.0 Å². The lowest BCUT2D eigenvalue weighted by Crippen LogP contribution is -2.18. The fourth-order valence-electron chi connectivity index (χ4n) is 1.71. The molecule has 0 saturated carbocycles. The van der Waals surface area contributed by atoms with Crippen LogP contribution in [0.25, 0.3) is 0 Å². The molecular weight excluding hydrogens is 339 g/mol. The summed E-state index contributed by atoms with van der Waals surface area (Å²) in [4.78, 5) is 0. The fourth-order valence-corrected chi connectivity index (χ4v) is 2.33. The number of ether oxygens (including phenoxy) is 1. The van der Waals surface area contributed by atoms with E-state index in [0.717, 1.165) is 11.8 Å². The number of amidine groups is 1. The van der Waals surface area contributed by atoms with Crippen molar-refractivity contribution in [3.8, 4) is 5.75 Å². The van der Waals surface area contributed by atoms with Crippen LogP contribution in [-0.4, -0.2) is 17.7 Å². The van der Waals surface area contributed by atoms with Crippen molar-refractivity contribution in [3.63, 3.8) is 0 Å². The zero-order valence-electron chi connectivity index (χ0n) is 12.4. The lowest BCUT2D eigenvalue weighted by molar-refractivity contribution is -0.274. The first-order valence-corrected chi connectivity index (χ1v) is 7.80. The largest absolute Gasteiger partial charge is 0.573 e. The summed E-state index contributed by atoms with van der Waals surface area (Å²) in [6.45, 7) is 0. The summed E-state index contributed by atoms with van der Waals surface area (Å²) in [7, 11) is 0. The van der Waals surface area contributed by atoms with Gasteiger partial charge in [0.15, 0.2) is 5.17 Å². The predicted molar refractivity (Wildman–Crippen MR) is 90.1 cm³/mol. The van der Waals surface area contributed by atoms with Gasteiger partial charge in [0.2, 0.25) is 0 Å².